The topological polar surface area (TPSA) is 76.1 Å². The van der Waals surface area contributed by atoms with Crippen molar-refractivity contribution in [3.05, 3.63) is 35.9 Å². The fourth-order valence-electron chi connectivity index (χ4n) is 8.33. The molecule has 2 bridgehead atoms. The number of benzene rings is 1. The van der Waals surface area contributed by atoms with Crippen molar-refractivity contribution in [3.63, 3.8) is 0 Å². The Morgan fingerprint density at radius 2 is 1.71 bits per heavy atom. The first kappa shape index (κ1) is 30.3. The SMILES string of the molecule is C=CCN1CCC23c4c5ccc(OC(=O)CCCCCCCCCCCCCCC)c4OC2C(=O)CC[C@@]3(O)C1C5. The van der Waals surface area contributed by atoms with Crippen LogP contribution in [0.1, 0.15) is 127 Å². The van der Waals surface area contributed by atoms with E-state index in [1.165, 1.54) is 64.2 Å². The van der Waals surface area contributed by atoms with Crippen LogP contribution in [0.15, 0.2) is 24.8 Å². The number of esters is 1. The Morgan fingerprint density at radius 1 is 1.05 bits per heavy atom. The molecule has 41 heavy (non-hydrogen) atoms. The average Bonchev–Trinajstić information content (AvgIpc) is 3.32. The number of piperidine rings is 1. The van der Waals surface area contributed by atoms with Gasteiger partial charge < -0.3 is 14.6 Å². The van der Waals surface area contributed by atoms with Crippen LogP contribution in [0.4, 0.5) is 0 Å². The summed E-state index contributed by atoms with van der Waals surface area (Å²) < 4.78 is 12.2. The summed E-state index contributed by atoms with van der Waals surface area (Å²) in [6.45, 7) is 7.66. The third-order valence-electron chi connectivity index (χ3n) is 10.4. The molecule has 4 atom stereocenters. The Balaban J connectivity index is 1.13. The predicted molar refractivity (Wildman–Crippen MR) is 162 cm³/mol. The molecule has 2 fully saturated rings. The maximum absolute atomic E-state index is 13.2. The lowest BCUT2D eigenvalue weighted by Gasteiger charge is -2.62. The molecule has 1 aromatic carbocycles. The molecule has 1 saturated carbocycles. The van der Waals surface area contributed by atoms with Crippen molar-refractivity contribution in [2.75, 3.05) is 13.1 Å². The molecular formula is C35H51NO5. The molecule has 0 aromatic heterocycles. The quantitative estimate of drug-likeness (QED) is 0.0950. The average molecular weight is 566 g/mol. The second-order valence-electron chi connectivity index (χ2n) is 13.0. The lowest BCUT2D eigenvalue weighted by molar-refractivity contribution is -0.187. The summed E-state index contributed by atoms with van der Waals surface area (Å²) in [5.74, 6) is 0.695. The number of hydrogen-bond acceptors (Lipinski definition) is 6. The molecule has 6 heteroatoms. The summed E-state index contributed by atoms with van der Waals surface area (Å²) >= 11 is 0. The van der Waals surface area contributed by atoms with Crippen molar-refractivity contribution in [2.24, 2.45) is 0 Å². The molecule has 1 aromatic rings. The molecule has 0 radical (unpaired) electrons. The van der Waals surface area contributed by atoms with Gasteiger partial charge in [-0.2, -0.15) is 0 Å². The van der Waals surface area contributed by atoms with Gasteiger partial charge in [0.2, 0.25) is 0 Å². The van der Waals surface area contributed by atoms with Gasteiger partial charge in [-0.1, -0.05) is 96.1 Å². The molecule has 4 aliphatic rings. The highest BCUT2D eigenvalue weighted by Gasteiger charge is 2.73. The summed E-state index contributed by atoms with van der Waals surface area (Å²) in [7, 11) is 0. The second-order valence-corrected chi connectivity index (χ2v) is 13.0. The molecule has 1 spiro atoms. The lowest BCUT2D eigenvalue weighted by atomic mass is 9.49. The number of likely N-dealkylation sites (tertiary alicyclic amines) is 1. The van der Waals surface area contributed by atoms with E-state index in [-0.39, 0.29) is 17.8 Å². The van der Waals surface area contributed by atoms with Gasteiger partial charge in [-0.25, -0.2) is 0 Å². The molecule has 5 rings (SSSR count). The highest BCUT2D eigenvalue weighted by Crippen LogP contribution is 2.64. The molecule has 226 valence electrons. The van der Waals surface area contributed by atoms with E-state index in [1.54, 1.807) is 0 Å². The van der Waals surface area contributed by atoms with Gasteiger partial charge in [0.05, 0.1) is 11.0 Å². The number of Topliss-reactive ketones (excluding diaryl/α,β-unsaturated/α-hetero) is 1. The first-order chi connectivity index (χ1) is 20.0. The Hall–Kier alpha value is -2.18. The minimum Gasteiger partial charge on any atom is -0.477 e. The summed E-state index contributed by atoms with van der Waals surface area (Å²) in [6.07, 6.45) is 20.0. The number of rotatable bonds is 17. The van der Waals surface area contributed by atoms with E-state index >= 15 is 0 Å². The summed E-state index contributed by atoms with van der Waals surface area (Å²) in [6, 6.07) is 3.76. The first-order valence-corrected chi connectivity index (χ1v) is 16.6. The van der Waals surface area contributed by atoms with Gasteiger partial charge in [0.1, 0.15) is 0 Å². The number of nitrogens with zero attached hydrogens (tertiary/aromatic N) is 1. The van der Waals surface area contributed by atoms with E-state index in [0.717, 1.165) is 36.9 Å². The van der Waals surface area contributed by atoms with Gasteiger partial charge >= 0.3 is 5.97 Å². The van der Waals surface area contributed by atoms with Crippen molar-refractivity contribution in [1.29, 1.82) is 0 Å². The first-order valence-electron chi connectivity index (χ1n) is 16.6. The van der Waals surface area contributed by atoms with Crippen LogP contribution in [0.2, 0.25) is 0 Å². The molecule has 6 nitrogen and oxygen atoms in total. The third-order valence-corrected chi connectivity index (χ3v) is 10.4. The zero-order valence-electron chi connectivity index (χ0n) is 25.3. The Kier molecular flexibility index (Phi) is 9.91. The second kappa shape index (κ2) is 13.4. The van der Waals surface area contributed by atoms with Gasteiger partial charge in [0.15, 0.2) is 23.4 Å². The minimum absolute atomic E-state index is 0.0406. The zero-order valence-corrected chi connectivity index (χ0v) is 25.3. The van der Waals surface area contributed by atoms with Crippen molar-refractivity contribution >= 4 is 11.8 Å². The van der Waals surface area contributed by atoms with E-state index in [1.807, 2.05) is 18.2 Å². The summed E-state index contributed by atoms with van der Waals surface area (Å²) in [4.78, 5) is 28.3. The zero-order chi connectivity index (χ0) is 28.9. The van der Waals surface area contributed by atoms with Crippen LogP contribution in [0.3, 0.4) is 0 Å². The Labute approximate surface area is 246 Å². The van der Waals surface area contributed by atoms with Gasteiger partial charge in [0, 0.05) is 37.5 Å². The van der Waals surface area contributed by atoms with E-state index in [4.69, 9.17) is 9.47 Å². The van der Waals surface area contributed by atoms with E-state index < -0.39 is 17.1 Å². The minimum atomic E-state index is -1.05. The van der Waals surface area contributed by atoms with Crippen molar-refractivity contribution < 1.29 is 24.2 Å². The van der Waals surface area contributed by atoms with Crippen LogP contribution < -0.4 is 9.47 Å². The highest BCUT2D eigenvalue weighted by atomic mass is 16.6. The number of hydrogen-bond donors (Lipinski definition) is 1. The van der Waals surface area contributed by atoms with E-state index in [0.29, 0.717) is 50.1 Å². The lowest BCUT2D eigenvalue weighted by Crippen LogP contribution is -2.76. The van der Waals surface area contributed by atoms with Gasteiger partial charge in [-0.15, -0.1) is 6.58 Å². The largest absolute Gasteiger partial charge is 0.477 e. The fraction of sp³-hybridized carbons (Fsp3) is 0.714. The van der Waals surface area contributed by atoms with Crippen LogP contribution in [0.25, 0.3) is 0 Å². The molecule has 1 saturated heterocycles. The molecule has 2 aliphatic carbocycles. The summed E-state index contributed by atoms with van der Waals surface area (Å²) in [5.41, 5.74) is 0.184. The van der Waals surface area contributed by atoms with Gasteiger partial charge in [-0.05, 0) is 37.3 Å². The standard InChI is InChI=1S/C35H51NO5/c1-3-5-6-7-8-9-10-11-12-13-14-15-16-17-30(38)40-28-19-18-26-25-29-35(39)21-20-27(37)33-34(35,31(26)32(28)41-33)22-24-36(29)23-4-2/h4,18-19,29,33,39H,2-3,5-17,20-25H2,1H3/t29?,33?,34?,35-/m1/s1. The number of aliphatic hydroxyl groups is 1. The monoisotopic (exact) mass is 565 g/mol. The molecular weight excluding hydrogens is 514 g/mol. The van der Waals surface area contributed by atoms with Crippen LogP contribution in [0, 0.1) is 0 Å². The van der Waals surface area contributed by atoms with Crippen molar-refractivity contribution in [3.8, 4) is 11.5 Å². The number of carbonyl (C=O) groups is 2. The van der Waals surface area contributed by atoms with Crippen LogP contribution >= 0.6 is 0 Å². The van der Waals surface area contributed by atoms with Crippen LogP contribution in [0.5, 0.6) is 11.5 Å². The Bertz CT molecular complexity index is 1100. The number of unbranched alkanes of at least 4 members (excludes halogenated alkanes) is 12. The molecule has 3 unspecified atom stereocenters. The summed E-state index contributed by atoms with van der Waals surface area (Å²) in [5, 5.41) is 12.3. The molecule has 2 aliphatic heterocycles. The van der Waals surface area contributed by atoms with Crippen molar-refractivity contribution in [1.82, 2.24) is 4.90 Å². The molecule has 2 heterocycles. The van der Waals surface area contributed by atoms with Gasteiger partial charge in [0.25, 0.3) is 0 Å². The maximum Gasteiger partial charge on any atom is 0.311 e. The van der Waals surface area contributed by atoms with Crippen LogP contribution in [-0.4, -0.2) is 52.6 Å². The molecule has 0 amide bonds. The fourth-order valence-corrected chi connectivity index (χ4v) is 8.33. The van der Waals surface area contributed by atoms with E-state index in [2.05, 4.69) is 18.4 Å². The van der Waals surface area contributed by atoms with Crippen LogP contribution in [-0.2, 0) is 21.4 Å². The third kappa shape index (κ3) is 5.76. The number of carbonyl (C=O) groups excluding carboxylic acids is 2. The smallest absolute Gasteiger partial charge is 0.311 e. The Morgan fingerprint density at radius 3 is 2.37 bits per heavy atom. The highest BCUT2D eigenvalue weighted by molar-refractivity contribution is 5.90. The predicted octanol–water partition coefficient (Wildman–Crippen LogP) is 6.98. The molecule has 1 N–H and O–H groups in total. The maximum atomic E-state index is 13.2. The van der Waals surface area contributed by atoms with Gasteiger partial charge in [-0.3, -0.25) is 14.5 Å². The normalized spacial score (nSPS) is 27.8. The van der Waals surface area contributed by atoms with E-state index in [9.17, 15) is 14.7 Å². The number of ether oxygens (including phenoxy) is 2. The number of ketones is 1. The van der Waals surface area contributed by atoms with Crippen molar-refractivity contribution in [2.45, 2.75) is 146 Å².